The number of hydrogen-bond donors (Lipinski definition) is 1. The van der Waals surface area contributed by atoms with E-state index >= 15 is 0 Å². The molecule has 92 valence electrons. The lowest BCUT2D eigenvalue weighted by Crippen LogP contribution is -1.97. The number of rotatable bonds is 3. The number of nitrogens with zero attached hydrogens (tertiary/aromatic N) is 1. The Hall–Kier alpha value is -1.88. The zero-order valence-corrected chi connectivity index (χ0v) is 10.4. The molecule has 1 aromatic carbocycles. The molecule has 1 aromatic heterocycles. The van der Waals surface area contributed by atoms with Crippen LogP contribution in [-0.4, -0.2) is 16.1 Å². The maximum atomic E-state index is 13.6. The predicted molar refractivity (Wildman–Crippen MR) is 66.5 cm³/mol. The van der Waals surface area contributed by atoms with E-state index in [1.165, 1.54) is 12.1 Å². The summed E-state index contributed by atoms with van der Waals surface area (Å²) in [5, 5.41) is 9.48. The van der Waals surface area contributed by atoms with Crippen LogP contribution in [0.15, 0.2) is 46.5 Å². The fourth-order valence-electron chi connectivity index (χ4n) is 1.34. The van der Waals surface area contributed by atoms with Crippen molar-refractivity contribution in [1.82, 2.24) is 4.98 Å². The number of benzene rings is 1. The smallest absolute Gasteiger partial charge is 0.335 e. The van der Waals surface area contributed by atoms with Gasteiger partial charge in [0.05, 0.1) is 10.5 Å². The number of halogens is 1. The third kappa shape index (κ3) is 2.87. The lowest BCUT2D eigenvalue weighted by molar-refractivity contribution is 0.0696. The van der Waals surface area contributed by atoms with Gasteiger partial charge in [0.25, 0.3) is 0 Å². The van der Waals surface area contributed by atoms with E-state index in [0.29, 0.717) is 5.03 Å². The van der Waals surface area contributed by atoms with Gasteiger partial charge in [-0.2, -0.15) is 0 Å². The van der Waals surface area contributed by atoms with Gasteiger partial charge in [-0.15, -0.1) is 0 Å². The Morgan fingerprint density at radius 2 is 2.11 bits per heavy atom. The molecule has 0 aliphatic heterocycles. The van der Waals surface area contributed by atoms with Gasteiger partial charge in [-0.3, -0.25) is 0 Å². The molecule has 0 atom stereocenters. The van der Waals surface area contributed by atoms with Crippen molar-refractivity contribution < 1.29 is 14.3 Å². The first-order chi connectivity index (χ1) is 8.56. The second kappa shape index (κ2) is 5.18. The fourth-order valence-corrected chi connectivity index (χ4v) is 2.16. The minimum absolute atomic E-state index is 0.0611. The van der Waals surface area contributed by atoms with Gasteiger partial charge in [-0.1, -0.05) is 17.8 Å². The van der Waals surface area contributed by atoms with Gasteiger partial charge in [0, 0.05) is 6.20 Å². The number of carboxylic acids is 1. The highest BCUT2D eigenvalue weighted by Gasteiger charge is 2.10. The van der Waals surface area contributed by atoms with Crippen LogP contribution in [0.2, 0.25) is 0 Å². The molecule has 5 heteroatoms. The number of carboxylic acid groups (broad SMARTS) is 1. The van der Waals surface area contributed by atoms with Gasteiger partial charge < -0.3 is 5.11 Å². The average molecular weight is 263 g/mol. The van der Waals surface area contributed by atoms with E-state index in [-0.39, 0.29) is 10.5 Å². The first-order valence-electron chi connectivity index (χ1n) is 5.19. The molecular weight excluding hydrogens is 253 g/mol. The fraction of sp³-hybridized carbons (Fsp3) is 0.0769. The SMILES string of the molecule is Cc1ccc(Sc2cc(C(=O)O)ccc2F)nc1. The molecule has 0 spiro atoms. The molecule has 3 nitrogen and oxygen atoms in total. The number of hydrogen-bond acceptors (Lipinski definition) is 3. The summed E-state index contributed by atoms with van der Waals surface area (Å²) in [7, 11) is 0. The molecule has 1 heterocycles. The van der Waals surface area contributed by atoms with Crippen molar-refractivity contribution in [3.05, 3.63) is 53.5 Å². The number of pyridine rings is 1. The first kappa shape index (κ1) is 12.6. The van der Waals surface area contributed by atoms with Crippen LogP contribution >= 0.6 is 11.8 Å². The van der Waals surface area contributed by atoms with Crippen LogP contribution < -0.4 is 0 Å². The summed E-state index contributed by atoms with van der Waals surface area (Å²) in [4.78, 5) is 15.2. The van der Waals surface area contributed by atoms with Crippen LogP contribution in [0.1, 0.15) is 15.9 Å². The molecular formula is C13H10FNO2S. The van der Waals surface area contributed by atoms with Crippen molar-refractivity contribution in [2.24, 2.45) is 0 Å². The summed E-state index contributed by atoms with van der Waals surface area (Å²) >= 11 is 1.11. The monoisotopic (exact) mass is 263 g/mol. The third-order valence-electron chi connectivity index (χ3n) is 2.28. The molecule has 2 aromatic rings. The van der Waals surface area contributed by atoms with Crippen LogP contribution in [-0.2, 0) is 0 Å². The van der Waals surface area contributed by atoms with Crippen molar-refractivity contribution in [3.8, 4) is 0 Å². The first-order valence-corrected chi connectivity index (χ1v) is 6.01. The van der Waals surface area contributed by atoms with Crippen molar-refractivity contribution >= 4 is 17.7 Å². The summed E-state index contributed by atoms with van der Waals surface area (Å²) in [6.07, 6.45) is 1.68. The van der Waals surface area contributed by atoms with Gasteiger partial charge in [0.1, 0.15) is 10.8 Å². The Morgan fingerprint density at radius 1 is 1.33 bits per heavy atom. The van der Waals surface area contributed by atoms with Crippen LogP contribution in [0.3, 0.4) is 0 Å². The van der Waals surface area contributed by atoms with E-state index in [2.05, 4.69) is 4.98 Å². The number of aromatic carboxylic acids is 1. The Balaban J connectivity index is 2.30. The largest absolute Gasteiger partial charge is 0.478 e. The van der Waals surface area contributed by atoms with Crippen LogP contribution in [0.5, 0.6) is 0 Å². The molecule has 2 rings (SSSR count). The standard InChI is InChI=1S/C13H10FNO2S/c1-8-2-5-12(15-7-8)18-11-6-9(13(16)17)3-4-10(11)14/h2-7H,1H3,(H,16,17). The van der Waals surface area contributed by atoms with E-state index in [0.717, 1.165) is 23.4 Å². The minimum atomic E-state index is -1.08. The van der Waals surface area contributed by atoms with Gasteiger partial charge in [-0.25, -0.2) is 14.2 Å². The maximum absolute atomic E-state index is 13.6. The summed E-state index contributed by atoms with van der Waals surface area (Å²) < 4.78 is 13.6. The molecule has 0 aliphatic rings. The molecule has 0 amide bonds. The van der Waals surface area contributed by atoms with Gasteiger partial charge in [0.2, 0.25) is 0 Å². The highest BCUT2D eigenvalue weighted by atomic mass is 32.2. The van der Waals surface area contributed by atoms with E-state index < -0.39 is 11.8 Å². The molecule has 0 unspecified atom stereocenters. The molecule has 1 N–H and O–H groups in total. The highest BCUT2D eigenvalue weighted by Crippen LogP contribution is 2.29. The third-order valence-corrected chi connectivity index (χ3v) is 3.26. The highest BCUT2D eigenvalue weighted by molar-refractivity contribution is 7.99. The second-order valence-electron chi connectivity index (χ2n) is 3.73. The maximum Gasteiger partial charge on any atom is 0.335 e. The van der Waals surface area contributed by atoms with Crippen molar-refractivity contribution in [2.75, 3.05) is 0 Å². The molecule has 0 aliphatic carbocycles. The number of aromatic nitrogens is 1. The Bertz CT molecular complexity index is 584. The Morgan fingerprint density at radius 3 is 2.72 bits per heavy atom. The van der Waals surface area contributed by atoms with Crippen LogP contribution in [0.4, 0.5) is 4.39 Å². The zero-order chi connectivity index (χ0) is 13.1. The van der Waals surface area contributed by atoms with E-state index in [4.69, 9.17) is 5.11 Å². The summed E-state index contributed by atoms with van der Waals surface area (Å²) in [5.41, 5.74) is 1.07. The van der Waals surface area contributed by atoms with Crippen LogP contribution in [0, 0.1) is 12.7 Å². The van der Waals surface area contributed by atoms with Crippen molar-refractivity contribution in [3.63, 3.8) is 0 Å². The van der Waals surface area contributed by atoms with E-state index in [1.54, 1.807) is 12.3 Å². The average Bonchev–Trinajstić information content (AvgIpc) is 2.34. The molecule has 0 radical (unpaired) electrons. The number of carbonyl (C=O) groups is 1. The topological polar surface area (TPSA) is 50.2 Å². The predicted octanol–water partition coefficient (Wildman–Crippen LogP) is 3.38. The molecule has 0 bridgehead atoms. The van der Waals surface area contributed by atoms with E-state index in [9.17, 15) is 9.18 Å². The van der Waals surface area contributed by atoms with Gasteiger partial charge in [0.15, 0.2) is 0 Å². The zero-order valence-electron chi connectivity index (χ0n) is 9.55. The summed E-state index contributed by atoms with van der Waals surface area (Å²) in [6, 6.07) is 7.34. The lowest BCUT2D eigenvalue weighted by atomic mass is 10.2. The normalized spacial score (nSPS) is 10.3. The molecule has 0 saturated carbocycles. The molecule has 18 heavy (non-hydrogen) atoms. The summed E-state index contributed by atoms with van der Waals surface area (Å²) in [5.74, 6) is -1.53. The quantitative estimate of drug-likeness (QED) is 0.922. The van der Waals surface area contributed by atoms with Crippen LogP contribution in [0.25, 0.3) is 0 Å². The van der Waals surface area contributed by atoms with Gasteiger partial charge in [-0.05, 0) is 36.8 Å². The molecule has 0 fully saturated rings. The summed E-state index contributed by atoms with van der Waals surface area (Å²) in [6.45, 7) is 1.91. The van der Waals surface area contributed by atoms with E-state index in [1.807, 2.05) is 13.0 Å². The van der Waals surface area contributed by atoms with Gasteiger partial charge >= 0.3 is 5.97 Å². The van der Waals surface area contributed by atoms with Crippen molar-refractivity contribution in [1.29, 1.82) is 0 Å². The number of aryl methyl sites for hydroxylation is 1. The van der Waals surface area contributed by atoms with Crippen molar-refractivity contribution in [2.45, 2.75) is 16.8 Å². The Kier molecular flexibility index (Phi) is 3.62. The minimum Gasteiger partial charge on any atom is -0.478 e. The Labute approximate surface area is 108 Å². The lowest BCUT2D eigenvalue weighted by Gasteiger charge is -2.04. The second-order valence-corrected chi connectivity index (χ2v) is 4.79. The molecule has 0 saturated heterocycles.